The van der Waals surface area contributed by atoms with Crippen molar-refractivity contribution in [3.8, 4) is 23.0 Å². The predicted molar refractivity (Wildman–Crippen MR) is 118 cm³/mol. The van der Waals surface area contributed by atoms with Gasteiger partial charge in [-0.15, -0.1) is 0 Å². The van der Waals surface area contributed by atoms with Crippen LogP contribution >= 0.6 is 0 Å². The molecule has 0 fully saturated rings. The molecule has 2 aliphatic heterocycles. The van der Waals surface area contributed by atoms with Crippen LogP contribution in [0.15, 0.2) is 35.5 Å². The number of hydrogen-bond donors (Lipinski definition) is 1. The molecular weight excluding hydrogens is 396 g/mol. The lowest BCUT2D eigenvalue weighted by Crippen LogP contribution is -2.34. The number of ether oxygens (including phenoxy) is 4. The smallest absolute Gasteiger partial charge is 0.231 e. The van der Waals surface area contributed by atoms with Crippen LogP contribution in [0.4, 0.5) is 0 Å². The van der Waals surface area contributed by atoms with E-state index >= 15 is 0 Å². The summed E-state index contributed by atoms with van der Waals surface area (Å²) in [7, 11) is 3.75. The molecule has 2 aromatic carbocycles. The second-order valence-corrected chi connectivity index (χ2v) is 8.32. The Morgan fingerprint density at radius 1 is 1.26 bits per heavy atom. The highest BCUT2D eigenvalue weighted by atomic mass is 16.7. The Morgan fingerprint density at radius 2 is 2.03 bits per heavy atom. The highest BCUT2D eigenvalue weighted by Gasteiger charge is 2.34. The summed E-state index contributed by atoms with van der Waals surface area (Å²) in [6.07, 6.45) is 2.18. The van der Waals surface area contributed by atoms with Gasteiger partial charge in [0.2, 0.25) is 12.5 Å². The fourth-order valence-corrected chi connectivity index (χ4v) is 4.35. The van der Waals surface area contributed by atoms with E-state index in [4.69, 9.17) is 18.9 Å². The van der Waals surface area contributed by atoms with Crippen LogP contribution in [0.3, 0.4) is 0 Å². The van der Waals surface area contributed by atoms with E-state index < -0.39 is 0 Å². The standard InChI is InChI=1S/C24H30N2O5/c1-15(2)31-19-7-5-16(6-8-19)11-18(25-27)13-20-22-17(9-10-26(20)3)12-21-23(24(22)28-4)30-14-29-21/h5-8,12,15,20,27H,9-11,13-14H2,1-4H3/b25-18+. The lowest BCUT2D eigenvalue weighted by Gasteiger charge is -2.36. The van der Waals surface area contributed by atoms with E-state index in [2.05, 4.69) is 23.2 Å². The quantitative estimate of drug-likeness (QED) is 0.406. The third-order valence-electron chi connectivity index (χ3n) is 5.82. The molecule has 0 aliphatic carbocycles. The molecule has 2 aliphatic rings. The molecule has 0 amide bonds. The van der Waals surface area contributed by atoms with Crippen molar-refractivity contribution < 1.29 is 24.2 Å². The number of oxime groups is 1. The summed E-state index contributed by atoms with van der Waals surface area (Å²) in [4.78, 5) is 2.28. The van der Waals surface area contributed by atoms with E-state index in [1.807, 2.05) is 38.1 Å². The molecule has 2 aromatic rings. The third-order valence-corrected chi connectivity index (χ3v) is 5.82. The van der Waals surface area contributed by atoms with Crippen LogP contribution in [0.5, 0.6) is 23.0 Å². The third kappa shape index (κ3) is 4.42. The zero-order valence-corrected chi connectivity index (χ0v) is 18.6. The zero-order valence-electron chi connectivity index (χ0n) is 18.6. The van der Waals surface area contributed by atoms with Crippen molar-refractivity contribution in [2.24, 2.45) is 5.16 Å². The number of methoxy groups -OCH3 is 1. The Kier molecular flexibility index (Phi) is 6.23. The van der Waals surface area contributed by atoms with Crippen LogP contribution < -0.4 is 18.9 Å². The Bertz CT molecular complexity index is 955. The number of likely N-dealkylation sites (N-methyl/N-ethyl adjacent to an activating group) is 1. The van der Waals surface area contributed by atoms with Crippen LogP contribution in [0.25, 0.3) is 0 Å². The number of fused-ring (bicyclic) bond motifs is 2. The number of nitrogens with zero attached hydrogens (tertiary/aromatic N) is 2. The van der Waals surface area contributed by atoms with Crippen LogP contribution in [0.1, 0.15) is 43.0 Å². The molecule has 7 nitrogen and oxygen atoms in total. The van der Waals surface area contributed by atoms with Gasteiger partial charge in [0.25, 0.3) is 0 Å². The van der Waals surface area contributed by atoms with Gasteiger partial charge in [-0.25, -0.2) is 0 Å². The van der Waals surface area contributed by atoms with Crippen molar-refractivity contribution >= 4 is 5.71 Å². The molecule has 0 aromatic heterocycles. The minimum atomic E-state index is 0.0163. The number of benzene rings is 2. The Hall–Kier alpha value is -2.93. The zero-order chi connectivity index (χ0) is 22.0. The van der Waals surface area contributed by atoms with Crippen LogP contribution in [-0.4, -0.2) is 49.4 Å². The summed E-state index contributed by atoms with van der Waals surface area (Å²) in [5.41, 5.74) is 4.06. The highest BCUT2D eigenvalue weighted by Crippen LogP contribution is 2.50. The fraction of sp³-hybridized carbons (Fsp3) is 0.458. The van der Waals surface area contributed by atoms with Gasteiger partial charge in [0.05, 0.1) is 18.9 Å². The van der Waals surface area contributed by atoms with Crippen molar-refractivity contribution in [1.82, 2.24) is 4.90 Å². The SMILES string of the molecule is COc1c2c(cc3c1C(C/C(Cc1ccc(OC(C)C)cc1)=N/O)N(C)CC3)OCO2. The van der Waals surface area contributed by atoms with Crippen molar-refractivity contribution in [2.75, 3.05) is 27.5 Å². The minimum absolute atomic E-state index is 0.0163. The van der Waals surface area contributed by atoms with Gasteiger partial charge in [-0.1, -0.05) is 17.3 Å². The van der Waals surface area contributed by atoms with E-state index in [0.29, 0.717) is 30.1 Å². The second kappa shape index (κ2) is 9.06. The maximum absolute atomic E-state index is 9.78. The molecular formula is C24H30N2O5. The molecule has 2 heterocycles. The minimum Gasteiger partial charge on any atom is -0.492 e. The molecule has 0 bridgehead atoms. The summed E-state index contributed by atoms with van der Waals surface area (Å²) in [6.45, 7) is 5.11. The van der Waals surface area contributed by atoms with Crippen LogP contribution in [0.2, 0.25) is 0 Å². The molecule has 0 saturated carbocycles. The van der Waals surface area contributed by atoms with Gasteiger partial charge in [-0.05, 0) is 56.6 Å². The van der Waals surface area contributed by atoms with Gasteiger partial charge in [0.1, 0.15) is 5.75 Å². The average Bonchev–Trinajstić information content (AvgIpc) is 3.22. The monoisotopic (exact) mass is 426 g/mol. The lowest BCUT2D eigenvalue weighted by molar-refractivity contribution is 0.170. The summed E-state index contributed by atoms with van der Waals surface area (Å²) in [5, 5.41) is 13.4. The molecule has 0 saturated heterocycles. The summed E-state index contributed by atoms with van der Waals surface area (Å²) >= 11 is 0. The van der Waals surface area contributed by atoms with E-state index in [0.717, 1.165) is 35.6 Å². The van der Waals surface area contributed by atoms with Crippen molar-refractivity contribution in [3.05, 3.63) is 47.0 Å². The summed E-state index contributed by atoms with van der Waals surface area (Å²) < 4.78 is 22.8. The van der Waals surface area contributed by atoms with Gasteiger partial charge >= 0.3 is 0 Å². The topological polar surface area (TPSA) is 72.8 Å². The molecule has 1 atom stereocenters. The molecule has 0 spiro atoms. The van der Waals surface area contributed by atoms with Gasteiger partial charge in [0, 0.05) is 31.0 Å². The Morgan fingerprint density at radius 3 is 2.71 bits per heavy atom. The molecule has 1 N–H and O–H groups in total. The first kappa shape index (κ1) is 21.3. The van der Waals surface area contributed by atoms with Gasteiger partial charge in [0.15, 0.2) is 11.5 Å². The number of hydrogen-bond acceptors (Lipinski definition) is 7. The van der Waals surface area contributed by atoms with Gasteiger partial charge in [-0.2, -0.15) is 0 Å². The number of rotatable bonds is 7. The molecule has 166 valence electrons. The Balaban J connectivity index is 1.57. The summed E-state index contributed by atoms with van der Waals surface area (Å²) in [5.74, 6) is 2.94. The first-order valence-corrected chi connectivity index (χ1v) is 10.6. The van der Waals surface area contributed by atoms with E-state index in [1.165, 1.54) is 5.56 Å². The van der Waals surface area contributed by atoms with E-state index in [1.54, 1.807) is 7.11 Å². The maximum Gasteiger partial charge on any atom is 0.231 e. The molecule has 31 heavy (non-hydrogen) atoms. The summed E-state index contributed by atoms with van der Waals surface area (Å²) in [6, 6.07) is 10.0. The molecule has 7 heteroatoms. The first-order chi connectivity index (χ1) is 15.0. The predicted octanol–water partition coefficient (Wildman–Crippen LogP) is 4.20. The van der Waals surface area contributed by atoms with Gasteiger partial charge in [-0.3, -0.25) is 4.90 Å². The van der Waals surface area contributed by atoms with Crippen molar-refractivity contribution in [2.45, 2.75) is 45.3 Å². The van der Waals surface area contributed by atoms with Crippen molar-refractivity contribution in [3.63, 3.8) is 0 Å². The normalized spacial score (nSPS) is 18.2. The molecule has 0 radical (unpaired) electrons. The maximum atomic E-state index is 9.78. The Labute approximate surface area is 183 Å². The second-order valence-electron chi connectivity index (χ2n) is 8.32. The van der Waals surface area contributed by atoms with Crippen LogP contribution in [0, 0.1) is 0 Å². The highest BCUT2D eigenvalue weighted by molar-refractivity contribution is 5.87. The average molecular weight is 427 g/mol. The largest absolute Gasteiger partial charge is 0.492 e. The van der Waals surface area contributed by atoms with E-state index in [9.17, 15) is 5.21 Å². The molecule has 4 rings (SSSR count). The van der Waals surface area contributed by atoms with Crippen molar-refractivity contribution in [1.29, 1.82) is 0 Å². The van der Waals surface area contributed by atoms with Gasteiger partial charge < -0.3 is 24.2 Å². The fourth-order valence-electron chi connectivity index (χ4n) is 4.35. The lowest BCUT2D eigenvalue weighted by atomic mass is 9.87. The first-order valence-electron chi connectivity index (χ1n) is 10.6. The van der Waals surface area contributed by atoms with Crippen LogP contribution in [-0.2, 0) is 12.8 Å². The van der Waals surface area contributed by atoms with E-state index in [-0.39, 0.29) is 18.9 Å². The molecule has 1 unspecified atom stereocenters.